The van der Waals surface area contributed by atoms with Gasteiger partial charge in [0.15, 0.2) is 0 Å². The minimum absolute atomic E-state index is 0.429. The van der Waals surface area contributed by atoms with E-state index in [4.69, 9.17) is 0 Å². The van der Waals surface area contributed by atoms with Crippen LogP contribution in [-0.4, -0.2) is 12.1 Å². The molecule has 4 rings (SSSR count). The molecule has 0 amide bonds. The molecule has 0 aliphatic heterocycles. The van der Waals surface area contributed by atoms with Crippen molar-refractivity contribution in [3.05, 3.63) is 118 Å². The van der Waals surface area contributed by atoms with E-state index in [0.29, 0.717) is 12.1 Å². The Hall–Kier alpha value is -3.52. The van der Waals surface area contributed by atoms with E-state index in [1.807, 2.05) is 0 Å². The van der Waals surface area contributed by atoms with Gasteiger partial charge >= 0.3 is 0 Å². The maximum atomic E-state index is 2.48. The molecule has 4 aromatic carbocycles. The highest BCUT2D eigenvalue weighted by Crippen LogP contribution is 2.27. The lowest BCUT2D eigenvalue weighted by molar-refractivity contribution is 0.682. The fraction of sp³-hybridized carbons (Fsp3) is 0.333. The molecule has 2 heteroatoms. The van der Waals surface area contributed by atoms with E-state index in [1.54, 1.807) is 0 Å². The first-order valence-electron chi connectivity index (χ1n) is 14.0. The van der Waals surface area contributed by atoms with Crippen molar-refractivity contribution >= 4 is 11.4 Å². The van der Waals surface area contributed by atoms with E-state index in [1.165, 1.54) is 55.9 Å². The summed E-state index contributed by atoms with van der Waals surface area (Å²) in [6.45, 7) is 19.6. The van der Waals surface area contributed by atoms with Crippen LogP contribution in [0.15, 0.2) is 84.9 Å². The minimum Gasteiger partial charge on any atom is -0.365 e. The normalized spacial score (nSPS) is 11.3. The van der Waals surface area contributed by atoms with Gasteiger partial charge in [-0.25, -0.2) is 0 Å². The Kier molecular flexibility index (Phi) is 8.62. The van der Waals surface area contributed by atoms with Gasteiger partial charge in [-0.3, -0.25) is 0 Å². The number of anilines is 2. The van der Waals surface area contributed by atoms with Crippen LogP contribution < -0.4 is 9.80 Å². The molecule has 0 heterocycles. The monoisotopic (exact) mass is 504 g/mol. The van der Waals surface area contributed by atoms with E-state index in [2.05, 4.69) is 150 Å². The van der Waals surface area contributed by atoms with Crippen molar-refractivity contribution < 1.29 is 0 Å². The van der Waals surface area contributed by atoms with Crippen molar-refractivity contribution in [2.45, 2.75) is 80.6 Å². The Labute approximate surface area is 231 Å². The summed E-state index contributed by atoms with van der Waals surface area (Å²) < 4.78 is 0. The molecule has 0 unspecified atom stereocenters. The fourth-order valence-electron chi connectivity index (χ4n) is 4.95. The molecule has 38 heavy (non-hydrogen) atoms. The van der Waals surface area contributed by atoms with E-state index in [0.717, 1.165) is 13.1 Å². The van der Waals surface area contributed by atoms with Crippen LogP contribution in [0.1, 0.15) is 61.1 Å². The summed E-state index contributed by atoms with van der Waals surface area (Å²) in [5, 5.41) is 0. The molecule has 0 saturated heterocycles. The van der Waals surface area contributed by atoms with E-state index >= 15 is 0 Å². The average Bonchev–Trinajstić information content (AvgIpc) is 2.89. The summed E-state index contributed by atoms with van der Waals surface area (Å²) in [4.78, 5) is 4.96. The van der Waals surface area contributed by atoms with Crippen molar-refractivity contribution in [1.29, 1.82) is 0 Å². The summed E-state index contributed by atoms with van der Waals surface area (Å²) in [6.07, 6.45) is 0. The van der Waals surface area contributed by atoms with Crippen LogP contribution in [0, 0.1) is 27.7 Å². The highest BCUT2D eigenvalue weighted by atomic mass is 15.2. The minimum atomic E-state index is 0.429. The molecule has 2 nitrogen and oxygen atoms in total. The molecule has 0 aliphatic rings. The van der Waals surface area contributed by atoms with Crippen LogP contribution in [0.25, 0.3) is 11.1 Å². The second-order valence-corrected chi connectivity index (χ2v) is 11.4. The van der Waals surface area contributed by atoms with Crippen molar-refractivity contribution in [1.82, 2.24) is 0 Å². The number of hydrogen-bond acceptors (Lipinski definition) is 2. The van der Waals surface area contributed by atoms with Gasteiger partial charge in [0.05, 0.1) is 0 Å². The summed E-state index contributed by atoms with van der Waals surface area (Å²) in [5.41, 5.74) is 13.1. The number of nitrogens with zero attached hydrogens (tertiary/aromatic N) is 2. The molecule has 0 aromatic heterocycles. The molecule has 0 spiro atoms. The fourth-order valence-corrected chi connectivity index (χ4v) is 4.95. The van der Waals surface area contributed by atoms with Crippen molar-refractivity contribution in [2.24, 2.45) is 0 Å². The van der Waals surface area contributed by atoms with Crippen LogP contribution in [-0.2, 0) is 13.1 Å². The van der Waals surface area contributed by atoms with Gasteiger partial charge in [0.2, 0.25) is 0 Å². The second-order valence-electron chi connectivity index (χ2n) is 11.4. The smallest absolute Gasteiger partial charge is 0.0432 e. The first-order chi connectivity index (χ1) is 18.1. The molecule has 0 saturated carbocycles. The van der Waals surface area contributed by atoms with Crippen LogP contribution in [0.2, 0.25) is 0 Å². The average molecular weight is 505 g/mol. The van der Waals surface area contributed by atoms with E-state index < -0.39 is 0 Å². The number of aryl methyl sites for hydroxylation is 4. The molecule has 0 atom stereocenters. The van der Waals surface area contributed by atoms with Crippen molar-refractivity contribution in [3.8, 4) is 11.1 Å². The topological polar surface area (TPSA) is 6.48 Å². The maximum absolute atomic E-state index is 2.48. The Balaban J connectivity index is 1.46. The lowest BCUT2D eigenvalue weighted by Gasteiger charge is -2.30. The Morgan fingerprint density at radius 1 is 0.447 bits per heavy atom. The summed E-state index contributed by atoms with van der Waals surface area (Å²) in [6, 6.07) is 32.6. The maximum Gasteiger partial charge on any atom is 0.0432 e. The van der Waals surface area contributed by atoms with E-state index in [9.17, 15) is 0 Å². The molecule has 0 aliphatic carbocycles. The third kappa shape index (κ3) is 6.48. The first kappa shape index (κ1) is 27.5. The summed E-state index contributed by atoms with van der Waals surface area (Å²) in [5.74, 6) is 0. The van der Waals surface area contributed by atoms with Crippen LogP contribution in [0.4, 0.5) is 11.4 Å². The number of hydrogen-bond donors (Lipinski definition) is 0. The van der Waals surface area contributed by atoms with Crippen LogP contribution in [0.5, 0.6) is 0 Å². The lowest BCUT2D eigenvalue weighted by Crippen LogP contribution is -2.30. The number of benzene rings is 4. The van der Waals surface area contributed by atoms with Crippen LogP contribution in [0.3, 0.4) is 0 Å². The first-order valence-corrected chi connectivity index (χ1v) is 14.0. The quantitative estimate of drug-likeness (QED) is 0.224. The molecule has 198 valence electrons. The molecular formula is C36H44N2. The molecule has 0 bridgehead atoms. The largest absolute Gasteiger partial charge is 0.365 e. The Morgan fingerprint density at radius 3 is 1.08 bits per heavy atom. The molecule has 0 radical (unpaired) electrons. The molecule has 4 aromatic rings. The SMILES string of the molecule is Cc1ccc(N(Cc2ccc(-c3ccc(CN(c4ccc(C)c(C)c4)C(C)C)cc3)cc2)C(C)C)cc1C. The van der Waals surface area contributed by atoms with Gasteiger partial charge in [-0.1, -0.05) is 60.7 Å². The standard InChI is InChI=1S/C36H44N2/c1-25(2)37(35-19-9-27(5)29(7)21-35)23-31-11-15-33(16-12-31)34-17-13-32(14-18-34)24-38(26(3)4)36-20-10-28(6)30(8)22-36/h9-22,25-26H,23-24H2,1-8H3. The Bertz CT molecular complexity index is 1240. The van der Waals surface area contributed by atoms with Gasteiger partial charge in [0.25, 0.3) is 0 Å². The molecular weight excluding hydrogens is 460 g/mol. The highest BCUT2D eigenvalue weighted by Gasteiger charge is 2.14. The summed E-state index contributed by atoms with van der Waals surface area (Å²) >= 11 is 0. The predicted octanol–water partition coefficient (Wildman–Crippen LogP) is 9.42. The zero-order valence-corrected chi connectivity index (χ0v) is 24.5. The molecule has 0 fully saturated rings. The van der Waals surface area contributed by atoms with Gasteiger partial charge in [-0.15, -0.1) is 0 Å². The molecule has 0 N–H and O–H groups in total. The zero-order chi connectivity index (χ0) is 27.4. The second kappa shape index (κ2) is 11.9. The van der Waals surface area contributed by atoms with Crippen molar-refractivity contribution in [3.63, 3.8) is 0 Å². The summed E-state index contributed by atoms with van der Waals surface area (Å²) in [7, 11) is 0. The zero-order valence-electron chi connectivity index (χ0n) is 24.5. The lowest BCUT2D eigenvalue weighted by atomic mass is 10.0. The van der Waals surface area contributed by atoms with Crippen LogP contribution >= 0.6 is 0 Å². The highest BCUT2D eigenvalue weighted by molar-refractivity contribution is 5.64. The third-order valence-corrected chi connectivity index (χ3v) is 7.84. The van der Waals surface area contributed by atoms with E-state index in [-0.39, 0.29) is 0 Å². The van der Waals surface area contributed by atoms with Gasteiger partial charge in [0, 0.05) is 36.5 Å². The van der Waals surface area contributed by atoms with Gasteiger partial charge in [-0.05, 0) is 124 Å². The predicted molar refractivity (Wildman–Crippen MR) is 166 cm³/mol. The number of rotatable bonds is 9. The van der Waals surface area contributed by atoms with Gasteiger partial charge in [0.1, 0.15) is 0 Å². The Morgan fingerprint density at radius 2 is 0.789 bits per heavy atom. The third-order valence-electron chi connectivity index (χ3n) is 7.84. The van der Waals surface area contributed by atoms with Crippen molar-refractivity contribution in [2.75, 3.05) is 9.80 Å². The van der Waals surface area contributed by atoms with Gasteiger partial charge in [-0.2, -0.15) is 0 Å². The van der Waals surface area contributed by atoms with Gasteiger partial charge < -0.3 is 9.80 Å².